The molecule has 6 nitrogen and oxygen atoms in total. The smallest absolute Gasteiger partial charge is 0.223 e. The largest absolute Gasteiger partial charge is 0.493 e. The number of nitrogens with two attached hydrogens (primary N) is 1. The molecule has 7 heteroatoms. The van der Waals surface area contributed by atoms with Gasteiger partial charge in [-0.3, -0.25) is 9.59 Å². The van der Waals surface area contributed by atoms with Gasteiger partial charge in [0.2, 0.25) is 11.8 Å². The van der Waals surface area contributed by atoms with Gasteiger partial charge in [0.1, 0.15) is 11.6 Å². The molecule has 0 radical (unpaired) electrons. The summed E-state index contributed by atoms with van der Waals surface area (Å²) in [5, 5.41) is 2.86. The van der Waals surface area contributed by atoms with E-state index in [2.05, 4.69) is 5.32 Å². The topological polar surface area (TPSA) is 84.7 Å². The average Bonchev–Trinajstić information content (AvgIpc) is 2.64. The molecular formula is C19H28FN3O3. The molecule has 1 aliphatic rings. The first-order valence-electron chi connectivity index (χ1n) is 9.24. The van der Waals surface area contributed by atoms with Gasteiger partial charge in [-0.25, -0.2) is 4.39 Å². The van der Waals surface area contributed by atoms with Gasteiger partial charge in [0, 0.05) is 44.6 Å². The van der Waals surface area contributed by atoms with Crippen LogP contribution in [0.5, 0.6) is 5.75 Å². The van der Waals surface area contributed by atoms with Crippen molar-refractivity contribution < 1.29 is 18.7 Å². The quantitative estimate of drug-likeness (QED) is 0.654. The average molecular weight is 365 g/mol. The Balaban J connectivity index is 1.73. The van der Waals surface area contributed by atoms with Gasteiger partial charge in [-0.1, -0.05) is 6.07 Å². The van der Waals surface area contributed by atoms with Crippen molar-refractivity contribution >= 4 is 11.8 Å². The minimum atomic E-state index is -0.341. The number of hydrogen-bond donors (Lipinski definition) is 2. The Morgan fingerprint density at radius 3 is 2.92 bits per heavy atom. The van der Waals surface area contributed by atoms with Crippen molar-refractivity contribution in [3.8, 4) is 5.75 Å². The van der Waals surface area contributed by atoms with Crippen LogP contribution in [-0.2, 0) is 9.59 Å². The highest BCUT2D eigenvalue weighted by atomic mass is 19.1. The number of nitrogens with zero attached hydrogens (tertiary/aromatic N) is 1. The summed E-state index contributed by atoms with van der Waals surface area (Å²) in [5.41, 5.74) is 5.37. The zero-order chi connectivity index (χ0) is 18.8. The molecule has 1 fully saturated rings. The van der Waals surface area contributed by atoms with E-state index in [-0.39, 0.29) is 23.7 Å². The maximum Gasteiger partial charge on any atom is 0.223 e. The highest BCUT2D eigenvalue weighted by molar-refractivity contribution is 5.77. The third kappa shape index (κ3) is 6.63. The Bertz CT molecular complexity index is 597. The Morgan fingerprint density at radius 2 is 2.15 bits per heavy atom. The van der Waals surface area contributed by atoms with Gasteiger partial charge < -0.3 is 20.7 Å². The van der Waals surface area contributed by atoms with Crippen LogP contribution in [-0.4, -0.2) is 49.0 Å². The molecule has 1 aliphatic heterocycles. The zero-order valence-corrected chi connectivity index (χ0v) is 15.1. The minimum absolute atomic E-state index is 0.0436. The van der Waals surface area contributed by atoms with Gasteiger partial charge >= 0.3 is 0 Å². The summed E-state index contributed by atoms with van der Waals surface area (Å²) < 4.78 is 18.6. The van der Waals surface area contributed by atoms with Gasteiger partial charge in [-0.15, -0.1) is 0 Å². The molecule has 1 aromatic rings. The first-order valence-corrected chi connectivity index (χ1v) is 9.24. The standard InChI is InChI=1S/C19H28FN3O3/c20-15-5-3-7-17(13-15)26-12-4-8-19(25)23-11-2-1-6-16(23)14-22-18(24)9-10-21/h3,5,7,13,16H,1-2,4,6,8-12,14,21H2,(H,22,24). The van der Waals surface area contributed by atoms with E-state index in [4.69, 9.17) is 10.5 Å². The number of rotatable bonds is 9. The molecule has 0 aliphatic carbocycles. The third-order valence-corrected chi connectivity index (χ3v) is 4.45. The van der Waals surface area contributed by atoms with E-state index < -0.39 is 0 Å². The molecule has 0 bridgehead atoms. The molecule has 1 atom stereocenters. The summed E-state index contributed by atoms with van der Waals surface area (Å²) in [5.74, 6) is 0.127. The molecule has 144 valence electrons. The zero-order valence-electron chi connectivity index (χ0n) is 15.1. The first kappa shape index (κ1) is 20.2. The van der Waals surface area contributed by atoms with Crippen LogP contribution in [0, 0.1) is 5.82 Å². The number of benzene rings is 1. The van der Waals surface area contributed by atoms with Crippen molar-refractivity contribution in [2.75, 3.05) is 26.2 Å². The Labute approximate surface area is 153 Å². The molecule has 1 aromatic carbocycles. The SMILES string of the molecule is NCCC(=O)NCC1CCCCN1C(=O)CCCOc1cccc(F)c1. The van der Waals surface area contributed by atoms with Crippen LogP contribution < -0.4 is 15.8 Å². The highest BCUT2D eigenvalue weighted by Crippen LogP contribution is 2.18. The van der Waals surface area contributed by atoms with Crippen LogP contribution in [0.15, 0.2) is 24.3 Å². The monoisotopic (exact) mass is 365 g/mol. The maximum atomic E-state index is 13.1. The Kier molecular flexibility index (Phi) is 8.34. The molecule has 3 N–H and O–H groups in total. The number of halogens is 1. The van der Waals surface area contributed by atoms with Gasteiger partial charge in [0.15, 0.2) is 0 Å². The Hall–Kier alpha value is -2.15. The van der Waals surface area contributed by atoms with E-state index in [1.54, 1.807) is 12.1 Å². The number of carbonyl (C=O) groups excluding carboxylic acids is 2. The second kappa shape index (κ2) is 10.8. The third-order valence-electron chi connectivity index (χ3n) is 4.45. The van der Waals surface area contributed by atoms with E-state index >= 15 is 0 Å². The minimum Gasteiger partial charge on any atom is -0.493 e. The molecule has 0 saturated carbocycles. The van der Waals surface area contributed by atoms with Crippen molar-refractivity contribution in [3.63, 3.8) is 0 Å². The van der Waals surface area contributed by atoms with Crippen molar-refractivity contribution in [1.29, 1.82) is 0 Å². The molecule has 1 unspecified atom stereocenters. The van der Waals surface area contributed by atoms with Gasteiger partial charge in [0.25, 0.3) is 0 Å². The van der Waals surface area contributed by atoms with Crippen LogP contribution in [0.3, 0.4) is 0 Å². The first-order chi connectivity index (χ1) is 12.6. The summed E-state index contributed by atoms with van der Waals surface area (Å²) in [7, 11) is 0. The molecule has 2 rings (SSSR count). The molecule has 1 saturated heterocycles. The van der Waals surface area contributed by atoms with E-state index in [1.807, 2.05) is 4.90 Å². The summed E-state index contributed by atoms with van der Waals surface area (Å²) >= 11 is 0. The summed E-state index contributed by atoms with van der Waals surface area (Å²) in [6, 6.07) is 6.01. The van der Waals surface area contributed by atoms with Gasteiger partial charge in [0.05, 0.1) is 6.61 Å². The highest BCUT2D eigenvalue weighted by Gasteiger charge is 2.26. The molecule has 1 heterocycles. The lowest BCUT2D eigenvalue weighted by molar-refractivity contribution is -0.135. The number of hydrogen-bond acceptors (Lipinski definition) is 4. The summed E-state index contributed by atoms with van der Waals surface area (Å²) in [4.78, 5) is 26.0. The van der Waals surface area contributed by atoms with Crippen molar-refractivity contribution in [2.24, 2.45) is 5.73 Å². The summed E-state index contributed by atoms with van der Waals surface area (Å²) in [6.07, 6.45) is 4.19. The van der Waals surface area contributed by atoms with E-state index in [0.29, 0.717) is 44.7 Å². The number of ether oxygens (including phenoxy) is 1. The lowest BCUT2D eigenvalue weighted by Gasteiger charge is -2.36. The predicted octanol–water partition coefficient (Wildman–Crippen LogP) is 1.83. The lowest BCUT2D eigenvalue weighted by Crippen LogP contribution is -2.49. The van der Waals surface area contributed by atoms with Crippen molar-refractivity contribution in [3.05, 3.63) is 30.1 Å². The number of nitrogens with one attached hydrogen (secondary N) is 1. The molecule has 2 amide bonds. The van der Waals surface area contributed by atoms with Crippen molar-refractivity contribution in [2.45, 2.75) is 44.6 Å². The van der Waals surface area contributed by atoms with Crippen LogP contribution in [0.1, 0.15) is 38.5 Å². The summed E-state index contributed by atoms with van der Waals surface area (Å²) in [6.45, 7) is 1.89. The van der Waals surface area contributed by atoms with E-state index in [9.17, 15) is 14.0 Å². The van der Waals surface area contributed by atoms with E-state index in [1.165, 1.54) is 12.1 Å². The van der Waals surface area contributed by atoms with Crippen LogP contribution in [0.25, 0.3) is 0 Å². The second-order valence-corrected chi connectivity index (χ2v) is 6.49. The second-order valence-electron chi connectivity index (χ2n) is 6.49. The predicted molar refractivity (Wildman–Crippen MR) is 97.2 cm³/mol. The van der Waals surface area contributed by atoms with Crippen LogP contribution >= 0.6 is 0 Å². The number of piperidine rings is 1. The molecular weight excluding hydrogens is 337 g/mol. The number of carbonyl (C=O) groups is 2. The molecule has 26 heavy (non-hydrogen) atoms. The van der Waals surface area contributed by atoms with Crippen molar-refractivity contribution in [1.82, 2.24) is 10.2 Å². The number of likely N-dealkylation sites (tertiary alicyclic amines) is 1. The Morgan fingerprint density at radius 1 is 1.31 bits per heavy atom. The van der Waals surface area contributed by atoms with Gasteiger partial charge in [-0.05, 0) is 37.8 Å². The molecule has 0 aromatic heterocycles. The molecule has 0 spiro atoms. The van der Waals surface area contributed by atoms with Crippen LogP contribution in [0.4, 0.5) is 4.39 Å². The normalized spacial score (nSPS) is 17.0. The fourth-order valence-corrected chi connectivity index (χ4v) is 3.11. The fourth-order valence-electron chi connectivity index (χ4n) is 3.11. The van der Waals surface area contributed by atoms with Crippen LogP contribution in [0.2, 0.25) is 0 Å². The fraction of sp³-hybridized carbons (Fsp3) is 0.579. The number of amides is 2. The maximum absolute atomic E-state index is 13.1. The van der Waals surface area contributed by atoms with E-state index in [0.717, 1.165) is 25.8 Å². The lowest BCUT2D eigenvalue weighted by atomic mass is 10.0. The van der Waals surface area contributed by atoms with Gasteiger partial charge in [-0.2, -0.15) is 0 Å².